The van der Waals surface area contributed by atoms with E-state index in [9.17, 15) is 0 Å². The third-order valence-corrected chi connectivity index (χ3v) is 2.64. The lowest BCUT2D eigenvalue weighted by Gasteiger charge is -2.21. The maximum atomic E-state index is 5.60. The number of nitrogens with one attached hydrogen (secondary N) is 1. The lowest BCUT2D eigenvalue weighted by Crippen LogP contribution is -2.35. The Kier molecular flexibility index (Phi) is 5.46. The van der Waals surface area contributed by atoms with Gasteiger partial charge in [-0.2, -0.15) is 0 Å². The first-order chi connectivity index (χ1) is 7.67. The van der Waals surface area contributed by atoms with Crippen LogP contribution in [0.4, 0.5) is 0 Å². The Balaban J connectivity index is 2.79. The van der Waals surface area contributed by atoms with E-state index in [0.29, 0.717) is 0 Å². The summed E-state index contributed by atoms with van der Waals surface area (Å²) < 4.78 is 0. The predicted molar refractivity (Wildman–Crippen MR) is 69.1 cm³/mol. The standard InChI is InChI=1S/C13H23N3/c1-4-6-11-7-5-8-12(9-11)13(15-14)10-16(2)3/h5,7-9,13,15H,4,6,10,14H2,1-3H3. The number of hydrogen-bond acceptors (Lipinski definition) is 3. The largest absolute Gasteiger partial charge is 0.307 e. The number of hydrogen-bond donors (Lipinski definition) is 2. The molecule has 0 fully saturated rings. The van der Waals surface area contributed by atoms with Gasteiger partial charge in [0.25, 0.3) is 0 Å². The highest BCUT2D eigenvalue weighted by atomic mass is 15.3. The molecule has 0 amide bonds. The van der Waals surface area contributed by atoms with E-state index in [1.54, 1.807) is 0 Å². The average Bonchev–Trinajstić information content (AvgIpc) is 2.26. The topological polar surface area (TPSA) is 41.3 Å². The molecule has 1 unspecified atom stereocenters. The summed E-state index contributed by atoms with van der Waals surface area (Å²) >= 11 is 0. The van der Waals surface area contributed by atoms with Gasteiger partial charge in [-0.05, 0) is 31.6 Å². The van der Waals surface area contributed by atoms with Gasteiger partial charge in [0, 0.05) is 6.54 Å². The summed E-state index contributed by atoms with van der Waals surface area (Å²) in [7, 11) is 4.11. The van der Waals surface area contributed by atoms with Crippen LogP contribution in [-0.2, 0) is 6.42 Å². The Hall–Kier alpha value is -0.900. The Morgan fingerprint density at radius 2 is 2.12 bits per heavy atom. The van der Waals surface area contributed by atoms with Crippen molar-refractivity contribution in [3.05, 3.63) is 35.4 Å². The molecule has 16 heavy (non-hydrogen) atoms. The molecule has 3 heteroatoms. The van der Waals surface area contributed by atoms with E-state index in [-0.39, 0.29) is 6.04 Å². The van der Waals surface area contributed by atoms with E-state index in [2.05, 4.69) is 55.6 Å². The molecule has 1 aromatic carbocycles. The fourth-order valence-electron chi connectivity index (χ4n) is 1.87. The first-order valence-electron chi connectivity index (χ1n) is 5.87. The van der Waals surface area contributed by atoms with E-state index in [4.69, 9.17) is 5.84 Å². The summed E-state index contributed by atoms with van der Waals surface area (Å²) in [4.78, 5) is 2.14. The Bertz CT molecular complexity index is 310. The maximum absolute atomic E-state index is 5.60. The van der Waals surface area contributed by atoms with Crippen LogP contribution in [-0.4, -0.2) is 25.5 Å². The molecule has 0 bridgehead atoms. The molecule has 3 N–H and O–H groups in total. The van der Waals surface area contributed by atoms with Gasteiger partial charge < -0.3 is 4.90 Å². The highest BCUT2D eigenvalue weighted by molar-refractivity contribution is 5.26. The van der Waals surface area contributed by atoms with Gasteiger partial charge in [0.05, 0.1) is 6.04 Å². The van der Waals surface area contributed by atoms with Crippen LogP contribution in [0.5, 0.6) is 0 Å². The number of aryl methyl sites for hydroxylation is 1. The Labute approximate surface area is 98.6 Å². The highest BCUT2D eigenvalue weighted by Gasteiger charge is 2.10. The molecule has 0 aromatic heterocycles. The first kappa shape index (κ1) is 13.2. The molecule has 0 aliphatic carbocycles. The third kappa shape index (κ3) is 3.93. The summed E-state index contributed by atoms with van der Waals surface area (Å²) in [5.41, 5.74) is 5.53. The quantitative estimate of drug-likeness (QED) is 0.567. The van der Waals surface area contributed by atoms with Crippen LogP contribution >= 0.6 is 0 Å². The van der Waals surface area contributed by atoms with E-state index in [1.807, 2.05) is 0 Å². The van der Waals surface area contributed by atoms with Crippen molar-refractivity contribution in [2.45, 2.75) is 25.8 Å². The minimum atomic E-state index is 0.201. The zero-order valence-electron chi connectivity index (χ0n) is 10.5. The molecule has 90 valence electrons. The summed E-state index contributed by atoms with van der Waals surface area (Å²) in [6.07, 6.45) is 2.31. The van der Waals surface area contributed by atoms with Crippen LogP contribution in [0.15, 0.2) is 24.3 Å². The fourth-order valence-corrected chi connectivity index (χ4v) is 1.87. The fraction of sp³-hybridized carbons (Fsp3) is 0.538. The van der Waals surface area contributed by atoms with Gasteiger partial charge in [-0.1, -0.05) is 37.6 Å². The lowest BCUT2D eigenvalue weighted by molar-refractivity contribution is 0.344. The van der Waals surface area contributed by atoms with Crippen LogP contribution in [0.25, 0.3) is 0 Å². The number of nitrogens with zero attached hydrogens (tertiary/aromatic N) is 1. The predicted octanol–water partition coefficient (Wildman–Crippen LogP) is 1.71. The van der Waals surface area contributed by atoms with Crippen molar-refractivity contribution in [3.63, 3.8) is 0 Å². The second kappa shape index (κ2) is 6.63. The molecule has 0 aliphatic rings. The average molecular weight is 221 g/mol. The number of nitrogens with two attached hydrogens (primary N) is 1. The molecule has 0 saturated heterocycles. The van der Waals surface area contributed by atoms with E-state index in [0.717, 1.165) is 13.0 Å². The summed E-state index contributed by atoms with van der Waals surface area (Å²) in [5.74, 6) is 5.60. The van der Waals surface area contributed by atoms with E-state index >= 15 is 0 Å². The van der Waals surface area contributed by atoms with Crippen LogP contribution in [0.3, 0.4) is 0 Å². The van der Waals surface area contributed by atoms with Crippen molar-refractivity contribution in [1.29, 1.82) is 0 Å². The van der Waals surface area contributed by atoms with Gasteiger partial charge in [0.2, 0.25) is 0 Å². The zero-order valence-corrected chi connectivity index (χ0v) is 10.5. The Morgan fingerprint density at radius 1 is 1.38 bits per heavy atom. The van der Waals surface area contributed by atoms with Crippen molar-refractivity contribution in [2.75, 3.05) is 20.6 Å². The van der Waals surface area contributed by atoms with E-state index in [1.165, 1.54) is 17.5 Å². The number of likely N-dealkylation sites (N-methyl/N-ethyl adjacent to an activating group) is 1. The van der Waals surface area contributed by atoms with Gasteiger partial charge in [0.1, 0.15) is 0 Å². The van der Waals surface area contributed by atoms with Gasteiger partial charge in [-0.25, -0.2) is 0 Å². The zero-order chi connectivity index (χ0) is 12.0. The molecule has 0 aliphatic heterocycles. The lowest BCUT2D eigenvalue weighted by atomic mass is 10.0. The second-order valence-corrected chi connectivity index (χ2v) is 4.48. The smallest absolute Gasteiger partial charge is 0.0586 e. The molecule has 1 atom stereocenters. The summed E-state index contributed by atoms with van der Waals surface area (Å²) in [5, 5.41) is 0. The van der Waals surface area contributed by atoms with E-state index < -0.39 is 0 Å². The summed E-state index contributed by atoms with van der Waals surface area (Å²) in [6.45, 7) is 3.11. The molecule has 0 saturated carbocycles. The van der Waals surface area contributed by atoms with Crippen molar-refractivity contribution in [3.8, 4) is 0 Å². The van der Waals surface area contributed by atoms with Gasteiger partial charge in [-0.3, -0.25) is 11.3 Å². The number of hydrazine groups is 1. The van der Waals surface area contributed by atoms with Crippen molar-refractivity contribution < 1.29 is 0 Å². The molecule has 1 rings (SSSR count). The molecular formula is C13H23N3. The summed E-state index contributed by atoms with van der Waals surface area (Å²) in [6, 6.07) is 8.87. The first-order valence-corrected chi connectivity index (χ1v) is 5.87. The molecule has 0 spiro atoms. The number of benzene rings is 1. The molecular weight excluding hydrogens is 198 g/mol. The van der Waals surface area contributed by atoms with Crippen LogP contribution in [0.2, 0.25) is 0 Å². The third-order valence-electron chi connectivity index (χ3n) is 2.64. The minimum absolute atomic E-state index is 0.201. The molecule has 0 radical (unpaired) electrons. The van der Waals surface area contributed by atoms with Crippen LogP contribution in [0.1, 0.15) is 30.5 Å². The van der Waals surface area contributed by atoms with Crippen molar-refractivity contribution >= 4 is 0 Å². The minimum Gasteiger partial charge on any atom is -0.307 e. The normalized spacial score (nSPS) is 13.1. The molecule has 3 nitrogen and oxygen atoms in total. The molecule has 0 heterocycles. The monoisotopic (exact) mass is 221 g/mol. The Morgan fingerprint density at radius 3 is 2.69 bits per heavy atom. The van der Waals surface area contributed by atoms with Gasteiger partial charge in [0.15, 0.2) is 0 Å². The van der Waals surface area contributed by atoms with Crippen molar-refractivity contribution in [1.82, 2.24) is 10.3 Å². The maximum Gasteiger partial charge on any atom is 0.0586 e. The second-order valence-electron chi connectivity index (χ2n) is 4.48. The SMILES string of the molecule is CCCc1cccc(C(CN(C)C)NN)c1. The molecule has 1 aromatic rings. The van der Waals surface area contributed by atoms with Crippen LogP contribution in [0, 0.1) is 0 Å². The van der Waals surface area contributed by atoms with Crippen molar-refractivity contribution in [2.24, 2.45) is 5.84 Å². The highest BCUT2D eigenvalue weighted by Crippen LogP contribution is 2.15. The van der Waals surface area contributed by atoms with Gasteiger partial charge in [-0.15, -0.1) is 0 Å². The van der Waals surface area contributed by atoms with Gasteiger partial charge >= 0.3 is 0 Å². The van der Waals surface area contributed by atoms with Crippen LogP contribution < -0.4 is 11.3 Å². The number of rotatable bonds is 6.